The third kappa shape index (κ3) is 3.78. The van der Waals surface area contributed by atoms with Crippen LogP contribution in [0, 0.1) is 0 Å². The van der Waals surface area contributed by atoms with E-state index in [4.69, 9.17) is 4.74 Å². The summed E-state index contributed by atoms with van der Waals surface area (Å²) >= 11 is 1.96. The molecule has 1 aromatic rings. The fraction of sp³-hybridized carbons (Fsp3) is 0.562. The molecule has 114 valence electrons. The number of amides is 1. The van der Waals surface area contributed by atoms with Gasteiger partial charge >= 0.3 is 0 Å². The maximum atomic E-state index is 12.1. The van der Waals surface area contributed by atoms with Gasteiger partial charge in [-0.2, -0.15) is 11.8 Å². The maximum Gasteiger partial charge on any atom is 0.224 e. The van der Waals surface area contributed by atoms with Crippen molar-refractivity contribution in [3.8, 4) is 0 Å². The molecule has 0 aromatic heterocycles. The largest absolute Gasteiger partial charge is 0.378 e. The molecule has 0 bridgehead atoms. The summed E-state index contributed by atoms with van der Waals surface area (Å²) in [6, 6.07) is 8.98. The lowest BCUT2D eigenvalue weighted by atomic mass is 10.0. The molecule has 1 N–H and O–H groups in total. The first-order valence-electron chi connectivity index (χ1n) is 7.59. The summed E-state index contributed by atoms with van der Waals surface area (Å²) in [5.74, 6) is 2.42. The van der Waals surface area contributed by atoms with Crippen LogP contribution in [-0.4, -0.2) is 49.4 Å². The lowest BCUT2D eigenvalue weighted by Gasteiger charge is -2.28. The summed E-state index contributed by atoms with van der Waals surface area (Å²) in [4.78, 5) is 14.0. The number of carbonyl (C=O) groups excluding carboxylic acids is 1. The standard InChI is InChI=1S/C16H22N2O2S/c19-16(18-7-9-20-10-8-18)5-6-17-15-12-21-11-13-3-1-2-4-14(13)15/h1-4,15,17H,5-12H2. The average Bonchev–Trinajstić information content (AvgIpc) is 2.56. The van der Waals surface area contributed by atoms with Crippen molar-refractivity contribution in [3.63, 3.8) is 0 Å². The molecule has 0 aliphatic carbocycles. The second-order valence-electron chi connectivity index (χ2n) is 5.46. The van der Waals surface area contributed by atoms with Crippen molar-refractivity contribution < 1.29 is 9.53 Å². The lowest BCUT2D eigenvalue weighted by molar-refractivity contribution is -0.135. The third-order valence-corrected chi connectivity index (χ3v) is 5.15. The first kappa shape index (κ1) is 14.9. The minimum absolute atomic E-state index is 0.238. The number of nitrogens with zero attached hydrogens (tertiary/aromatic N) is 1. The van der Waals surface area contributed by atoms with Crippen molar-refractivity contribution in [2.24, 2.45) is 0 Å². The van der Waals surface area contributed by atoms with E-state index in [2.05, 4.69) is 29.6 Å². The number of hydrogen-bond acceptors (Lipinski definition) is 4. The quantitative estimate of drug-likeness (QED) is 0.921. The molecule has 5 heteroatoms. The molecule has 1 atom stereocenters. The Bertz CT molecular complexity index is 489. The molecule has 0 radical (unpaired) electrons. The van der Waals surface area contributed by atoms with E-state index >= 15 is 0 Å². The molecular formula is C16H22N2O2S. The molecule has 1 amide bonds. The molecule has 1 fully saturated rings. The summed E-state index contributed by atoms with van der Waals surface area (Å²) in [7, 11) is 0. The van der Waals surface area contributed by atoms with Gasteiger partial charge in [0.05, 0.1) is 13.2 Å². The summed E-state index contributed by atoms with van der Waals surface area (Å²) in [5, 5.41) is 3.55. The topological polar surface area (TPSA) is 41.6 Å². The van der Waals surface area contributed by atoms with Crippen LogP contribution in [-0.2, 0) is 15.3 Å². The fourth-order valence-electron chi connectivity index (χ4n) is 2.88. The number of rotatable bonds is 4. The van der Waals surface area contributed by atoms with E-state index in [1.807, 2.05) is 16.7 Å². The summed E-state index contributed by atoms with van der Waals surface area (Å²) in [5.41, 5.74) is 2.82. The molecule has 0 saturated carbocycles. The first-order chi connectivity index (χ1) is 10.3. The predicted molar refractivity (Wildman–Crippen MR) is 85.4 cm³/mol. The van der Waals surface area contributed by atoms with Gasteiger partial charge in [0.25, 0.3) is 0 Å². The van der Waals surface area contributed by atoms with Crippen molar-refractivity contribution in [2.75, 3.05) is 38.6 Å². The van der Waals surface area contributed by atoms with Gasteiger partial charge in [0.15, 0.2) is 0 Å². The van der Waals surface area contributed by atoms with Crippen LogP contribution in [0.5, 0.6) is 0 Å². The van der Waals surface area contributed by atoms with Crippen molar-refractivity contribution in [2.45, 2.75) is 18.2 Å². The highest BCUT2D eigenvalue weighted by Gasteiger charge is 2.21. The number of benzene rings is 1. The van der Waals surface area contributed by atoms with Crippen LogP contribution in [0.1, 0.15) is 23.6 Å². The van der Waals surface area contributed by atoms with Crippen LogP contribution in [0.3, 0.4) is 0 Å². The van der Waals surface area contributed by atoms with Gasteiger partial charge in [-0.05, 0) is 11.1 Å². The molecular weight excluding hydrogens is 284 g/mol. The zero-order valence-corrected chi connectivity index (χ0v) is 13.0. The fourth-order valence-corrected chi connectivity index (χ4v) is 4.01. The van der Waals surface area contributed by atoms with E-state index in [1.54, 1.807) is 0 Å². The predicted octanol–water partition coefficient (Wildman–Crippen LogP) is 1.81. The number of nitrogens with one attached hydrogen (secondary N) is 1. The third-order valence-electron chi connectivity index (χ3n) is 4.07. The Morgan fingerprint density at radius 2 is 2.14 bits per heavy atom. The highest BCUT2D eigenvalue weighted by atomic mass is 32.2. The second kappa shape index (κ2) is 7.29. The Morgan fingerprint density at radius 1 is 1.33 bits per heavy atom. The molecule has 0 spiro atoms. The minimum Gasteiger partial charge on any atom is -0.378 e. The highest BCUT2D eigenvalue weighted by molar-refractivity contribution is 7.98. The Balaban J connectivity index is 1.48. The van der Waals surface area contributed by atoms with Crippen LogP contribution >= 0.6 is 11.8 Å². The number of hydrogen-bond donors (Lipinski definition) is 1. The Hall–Kier alpha value is -1.04. The van der Waals surface area contributed by atoms with Crippen molar-refractivity contribution in [1.82, 2.24) is 10.2 Å². The van der Waals surface area contributed by atoms with E-state index in [-0.39, 0.29) is 5.91 Å². The molecule has 3 rings (SSSR count). The first-order valence-corrected chi connectivity index (χ1v) is 8.74. The average molecular weight is 306 g/mol. The maximum absolute atomic E-state index is 12.1. The lowest BCUT2D eigenvalue weighted by Crippen LogP contribution is -2.42. The van der Waals surface area contributed by atoms with E-state index in [0.29, 0.717) is 25.7 Å². The summed E-state index contributed by atoms with van der Waals surface area (Å²) < 4.78 is 5.28. The van der Waals surface area contributed by atoms with Gasteiger partial charge in [0.2, 0.25) is 5.91 Å². The highest BCUT2D eigenvalue weighted by Crippen LogP contribution is 2.31. The molecule has 1 aromatic carbocycles. The SMILES string of the molecule is O=C(CCNC1CSCc2ccccc21)N1CCOCC1. The van der Waals surface area contributed by atoms with Crippen molar-refractivity contribution in [3.05, 3.63) is 35.4 Å². The number of thioether (sulfide) groups is 1. The monoisotopic (exact) mass is 306 g/mol. The van der Waals surface area contributed by atoms with Gasteiger partial charge in [-0.1, -0.05) is 24.3 Å². The molecule has 21 heavy (non-hydrogen) atoms. The zero-order chi connectivity index (χ0) is 14.5. The molecule has 2 heterocycles. The van der Waals surface area contributed by atoms with E-state index in [0.717, 1.165) is 31.1 Å². The van der Waals surface area contributed by atoms with E-state index in [9.17, 15) is 4.79 Å². The van der Waals surface area contributed by atoms with Gasteiger partial charge in [0, 0.05) is 43.6 Å². The Morgan fingerprint density at radius 3 is 3.00 bits per heavy atom. The van der Waals surface area contributed by atoms with Gasteiger partial charge in [-0.25, -0.2) is 0 Å². The van der Waals surface area contributed by atoms with Crippen LogP contribution < -0.4 is 5.32 Å². The summed E-state index contributed by atoms with van der Waals surface area (Å²) in [6.07, 6.45) is 0.573. The second-order valence-corrected chi connectivity index (χ2v) is 6.49. The molecule has 4 nitrogen and oxygen atoms in total. The smallest absolute Gasteiger partial charge is 0.224 e. The minimum atomic E-state index is 0.238. The van der Waals surface area contributed by atoms with Gasteiger partial charge in [-0.3, -0.25) is 4.79 Å². The zero-order valence-electron chi connectivity index (χ0n) is 12.2. The number of fused-ring (bicyclic) bond motifs is 1. The van der Waals surface area contributed by atoms with Crippen LogP contribution in [0.2, 0.25) is 0 Å². The number of morpholine rings is 1. The number of carbonyl (C=O) groups is 1. The normalized spacial score (nSPS) is 21.9. The van der Waals surface area contributed by atoms with Crippen LogP contribution in [0.15, 0.2) is 24.3 Å². The molecule has 1 saturated heterocycles. The van der Waals surface area contributed by atoms with Crippen molar-refractivity contribution >= 4 is 17.7 Å². The molecule has 1 unspecified atom stereocenters. The van der Waals surface area contributed by atoms with Crippen LogP contribution in [0.4, 0.5) is 0 Å². The van der Waals surface area contributed by atoms with Crippen molar-refractivity contribution in [1.29, 1.82) is 0 Å². The van der Waals surface area contributed by atoms with E-state index in [1.165, 1.54) is 11.1 Å². The number of ether oxygens (including phenoxy) is 1. The molecule has 2 aliphatic rings. The van der Waals surface area contributed by atoms with Crippen LogP contribution in [0.25, 0.3) is 0 Å². The Labute approximate surface area is 130 Å². The Kier molecular flexibility index (Phi) is 5.17. The van der Waals surface area contributed by atoms with Gasteiger partial charge in [0.1, 0.15) is 0 Å². The summed E-state index contributed by atoms with van der Waals surface area (Å²) in [6.45, 7) is 3.56. The van der Waals surface area contributed by atoms with Gasteiger partial charge in [-0.15, -0.1) is 0 Å². The molecule has 2 aliphatic heterocycles. The van der Waals surface area contributed by atoms with E-state index < -0.39 is 0 Å². The van der Waals surface area contributed by atoms with Gasteiger partial charge < -0.3 is 15.0 Å².